The fraction of sp³-hybridized carbons (Fsp3) is 0.130. The summed E-state index contributed by atoms with van der Waals surface area (Å²) in [7, 11) is -2.65. The number of aliphatic imine (C=N–C) groups is 1. The first-order chi connectivity index (χ1) is 15.5. The number of hydrogen-bond donors (Lipinski definition) is 2. The van der Waals surface area contributed by atoms with E-state index in [1.165, 1.54) is 24.1 Å². The van der Waals surface area contributed by atoms with Gasteiger partial charge in [0.1, 0.15) is 5.75 Å². The highest BCUT2D eigenvalue weighted by Gasteiger charge is 2.49. The molecule has 4 rings (SSSR count). The van der Waals surface area contributed by atoms with Crippen LogP contribution in [0.1, 0.15) is 16.7 Å². The van der Waals surface area contributed by atoms with Crippen molar-refractivity contribution in [2.75, 3.05) is 7.05 Å². The molecule has 0 saturated heterocycles. The Labute approximate surface area is 201 Å². The number of rotatable bonds is 5. The van der Waals surface area contributed by atoms with Gasteiger partial charge in [0.05, 0.1) is 0 Å². The van der Waals surface area contributed by atoms with E-state index in [0.29, 0.717) is 26.7 Å². The zero-order chi connectivity index (χ0) is 24.0. The molecule has 0 aromatic heterocycles. The number of hydrogen-bond acceptors (Lipinski definition) is 5. The third-order valence-electron chi connectivity index (χ3n) is 5.44. The predicted octanol–water partition coefficient (Wildman–Crippen LogP) is 4.08. The van der Waals surface area contributed by atoms with Crippen molar-refractivity contribution in [2.24, 2.45) is 10.7 Å². The van der Waals surface area contributed by atoms with Crippen molar-refractivity contribution >= 4 is 45.2 Å². The topological polar surface area (TPSA) is 113 Å². The van der Waals surface area contributed by atoms with Gasteiger partial charge in [-0.05, 0) is 52.1 Å². The Hall–Kier alpha value is -2.91. The minimum atomic E-state index is -4.19. The van der Waals surface area contributed by atoms with Crippen molar-refractivity contribution in [3.05, 3.63) is 93.5 Å². The maximum absolute atomic E-state index is 13.5. The number of benzene rings is 3. The molecule has 3 aromatic rings. The van der Waals surface area contributed by atoms with E-state index in [2.05, 4.69) is 4.99 Å². The monoisotopic (exact) mass is 503 g/mol. The van der Waals surface area contributed by atoms with Crippen LogP contribution in [0.25, 0.3) is 11.1 Å². The summed E-state index contributed by atoms with van der Waals surface area (Å²) in [6.07, 6.45) is 0. The van der Waals surface area contributed by atoms with Gasteiger partial charge in [0.15, 0.2) is 11.5 Å². The van der Waals surface area contributed by atoms with Gasteiger partial charge in [-0.25, -0.2) is 4.99 Å². The number of halogens is 2. The van der Waals surface area contributed by atoms with Crippen molar-refractivity contribution < 1.29 is 17.8 Å². The molecule has 10 heteroatoms. The standard InChI is InChI=1S/C23H19Cl2N3O4S/c1-28-21(29)23(27-22(28)26,17-7-5-14(6-8-17)13-33(30,31)32)18-4-2-3-15(9-18)16-10-19(24)12-20(25)11-16/h2-12H,13H2,1H3,(H2,26,27)(H,30,31,32). The Balaban J connectivity index is 1.87. The number of amides is 1. The minimum Gasteiger partial charge on any atom is -0.369 e. The summed E-state index contributed by atoms with van der Waals surface area (Å²) < 4.78 is 31.6. The van der Waals surface area contributed by atoms with Gasteiger partial charge in [0, 0.05) is 17.1 Å². The summed E-state index contributed by atoms with van der Waals surface area (Å²) in [5.41, 5.74) is 7.54. The molecule has 7 nitrogen and oxygen atoms in total. The number of guanidine groups is 1. The van der Waals surface area contributed by atoms with E-state index in [4.69, 9.17) is 33.5 Å². The molecule has 0 fully saturated rings. The molecular weight excluding hydrogens is 485 g/mol. The van der Waals surface area contributed by atoms with E-state index < -0.39 is 21.4 Å². The Kier molecular flexibility index (Phi) is 5.96. The smallest absolute Gasteiger partial charge is 0.269 e. The summed E-state index contributed by atoms with van der Waals surface area (Å²) in [5.74, 6) is -0.841. The van der Waals surface area contributed by atoms with Crippen LogP contribution in [0.4, 0.5) is 0 Å². The second kappa shape index (κ2) is 8.46. The van der Waals surface area contributed by atoms with Crippen molar-refractivity contribution in [1.29, 1.82) is 0 Å². The van der Waals surface area contributed by atoms with Gasteiger partial charge in [-0.2, -0.15) is 8.42 Å². The SMILES string of the molecule is CN1C(=O)C(c2ccc(CS(=O)(=O)O)cc2)(c2cccc(-c3cc(Cl)cc(Cl)c3)c2)N=C1N. The average molecular weight is 504 g/mol. The Morgan fingerprint density at radius 2 is 1.61 bits per heavy atom. The highest BCUT2D eigenvalue weighted by molar-refractivity contribution is 7.85. The van der Waals surface area contributed by atoms with E-state index in [0.717, 1.165) is 11.1 Å². The lowest BCUT2D eigenvalue weighted by Gasteiger charge is -2.26. The zero-order valence-electron chi connectivity index (χ0n) is 17.4. The second-order valence-electron chi connectivity index (χ2n) is 7.71. The van der Waals surface area contributed by atoms with Crippen LogP contribution < -0.4 is 5.73 Å². The number of carbonyl (C=O) groups excluding carboxylic acids is 1. The van der Waals surface area contributed by atoms with E-state index in [1.807, 2.05) is 12.1 Å². The molecule has 1 amide bonds. The molecule has 0 bridgehead atoms. The van der Waals surface area contributed by atoms with Crippen molar-refractivity contribution in [2.45, 2.75) is 11.3 Å². The van der Waals surface area contributed by atoms with Gasteiger partial charge in [0.25, 0.3) is 16.0 Å². The molecule has 1 aliphatic rings. The Morgan fingerprint density at radius 3 is 2.15 bits per heavy atom. The number of nitrogens with two attached hydrogens (primary N) is 1. The molecule has 1 aliphatic heterocycles. The Morgan fingerprint density at radius 1 is 0.970 bits per heavy atom. The maximum atomic E-state index is 13.5. The minimum absolute atomic E-state index is 0.0539. The van der Waals surface area contributed by atoms with Gasteiger partial charge < -0.3 is 5.73 Å². The quantitative estimate of drug-likeness (QED) is 0.509. The van der Waals surface area contributed by atoms with E-state index >= 15 is 0 Å². The third kappa shape index (κ3) is 4.47. The van der Waals surface area contributed by atoms with Crippen LogP contribution in [0.15, 0.2) is 71.7 Å². The van der Waals surface area contributed by atoms with Crippen molar-refractivity contribution in [3.8, 4) is 11.1 Å². The van der Waals surface area contributed by atoms with E-state index in [9.17, 15) is 13.2 Å². The zero-order valence-corrected chi connectivity index (χ0v) is 19.7. The highest BCUT2D eigenvalue weighted by Crippen LogP contribution is 2.41. The number of carbonyl (C=O) groups is 1. The lowest BCUT2D eigenvalue weighted by atomic mass is 9.81. The number of likely N-dealkylation sites (N-methyl/N-ethyl adjacent to an activating group) is 1. The van der Waals surface area contributed by atoms with Crippen LogP contribution in [-0.4, -0.2) is 36.8 Å². The van der Waals surface area contributed by atoms with Gasteiger partial charge in [-0.15, -0.1) is 0 Å². The van der Waals surface area contributed by atoms with Crippen LogP contribution in [0.5, 0.6) is 0 Å². The molecule has 0 saturated carbocycles. The molecule has 1 heterocycles. The number of nitrogens with zero attached hydrogens (tertiary/aromatic N) is 2. The van der Waals surface area contributed by atoms with Crippen LogP contribution in [0.3, 0.4) is 0 Å². The molecule has 0 spiro atoms. The van der Waals surface area contributed by atoms with Crippen molar-refractivity contribution in [1.82, 2.24) is 4.90 Å². The molecule has 170 valence electrons. The van der Waals surface area contributed by atoms with Crippen molar-refractivity contribution in [3.63, 3.8) is 0 Å². The van der Waals surface area contributed by atoms with Gasteiger partial charge >= 0.3 is 0 Å². The van der Waals surface area contributed by atoms with Crippen LogP contribution in [-0.2, 0) is 26.2 Å². The van der Waals surface area contributed by atoms with E-state index in [-0.39, 0.29) is 11.9 Å². The maximum Gasteiger partial charge on any atom is 0.269 e. The van der Waals surface area contributed by atoms with Gasteiger partial charge in [0.2, 0.25) is 0 Å². The van der Waals surface area contributed by atoms with Crippen LogP contribution >= 0.6 is 23.2 Å². The van der Waals surface area contributed by atoms with Crippen LogP contribution in [0, 0.1) is 0 Å². The largest absolute Gasteiger partial charge is 0.369 e. The molecule has 3 N–H and O–H groups in total. The summed E-state index contributed by atoms with van der Waals surface area (Å²) in [5, 5.41) is 0.956. The summed E-state index contributed by atoms with van der Waals surface area (Å²) in [6, 6.07) is 18.7. The second-order valence-corrected chi connectivity index (χ2v) is 10.0. The average Bonchev–Trinajstić information content (AvgIpc) is 2.97. The molecule has 33 heavy (non-hydrogen) atoms. The molecule has 1 unspecified atom stereocenters. The Bertz CT molecular complexity index is 1370. The molecule has 0 aliphatic carbocycles. The predicted molar refractivity (Wildman–Crippen MR) is 129 cm³/mol. The highest BCUT2D eigenvalue weighted by atomic mass is 35.5. The lowest BCUT2D eigenvalue weighted by Crippen LogP contribution is -2.41. The van der Waals surface area contributed by atoms with Crippen LogP contribution in [0.2, 0.25) is 10.0 Å². The lowest BCUT2D eigenvalue weighted by molar-refractivity contribution is -0.129. The van der Waals surface area contributed by atoms with E-state index in [1.54, 1.807) is 42.5 Å². The molecule has 1 atom stereocenters. The van der Waals surface area contributed by atoms with Gasteiger partial charge in [-0.3, -0.25) is 14.2 Å². The normalized spacial score (nSPS) is 18.5. The summed E-state index contributed by atoms with van der Waals surface area (Å²) in [4.78, 5) is 19.3. The fourth-order valence-electron chi connectivity index (χ4n) is 3.88. The first-order valence-electron chi connectivity index (χ1n) is 9.75. The summed E-state index contributed by atoms with van der Waals surface area (Å²) >= 11 is 12.3. The molecule has 3 aromatic carbocycles. The fourth-order valence-corrected chi connectivity index (χ4v) is 5.02. The first kappa shape index (κ1) is 23.3. The molecular formula is C23H19Cl2N3O4S. The van der Waals surface area contributed by atoms with Gasteiger partial charge in [-0.1, -0.05) is 65.7 Å². The molecule has 0 radical (unpaired) electrons. The first-order valence-corrected chi connectivity index (χ1v) is 12.1. The summed E-state index contributed by atoms with van der Waals surface area (Å²) in [6.45, 7) is 0. The third-order valence-corrected chi connectivity index (χ3v) is 6.57.